The number of para-hydroxylation sites is 1. The highest BCUT2D eigenvalue weighted by Crippen LogP contribution is 2.35. The number of phenols is 2. The summed E-state index contributed by atoms with van der Waals surface area (Å²) >= 11 is 0. The number of carbonyl (C=O) groups excluding carboxylic acids is 2. The van der Waals surface area contributed by atoms with E-state index in [0.29, 0.717) is 28.0 Å². The third-order valence-electron chi connectivity index (χ3n) is 7.08. The summed E-state index contributed by atoms with van der Waals surface area (Å²) in [6, 6.07) is 17.2. The maximum Gasteiger partial charge on any atom is 0.249 e. The molecule has 39 heavy (non-hydrogen) atoms. The number of ether oxygens (including phenoxy) is 1. The number of benzene rings is 3. The van der Waals surface area contributed by atoms with E-state index in [1.54, 1.807) is 24.3 Å². The van der Waals surface area contributed by atoms with Gasteiger partial charge in [0.25, 0.3) is 0 Å². The summed E-state index contributed by atoms with van der Waals surface area (Å²) in [6.45, 7) is -0.186. The second-order valence-corrected chi connectivity index (χ2v) is 9.70. The van der Waals surface area contributed by atoms with E-state index in [9.17, 15) is 19.8 Å². The molecule has 0 saturated heterocycles. The number of anilines is 1. The molecule has 202 valence electrons. The van der Waals surface area contributed by atoms with Crippen molar-refractivity contribution >= 4 is 28.5 Å². The first kappa shape index (κ1) is 26.0. The fraction of sp³-hybridized carbons (Fsp3) is 0.310. The van der Waals surface area contributed by atoms with E-state index in [4.69, 9.17) is 4.74 Å². The van der Waals surface area contributed by atoms with Crippen LogP contribution in [0.3, 0.4) is 0 Å². The number of hydrogen-bond acceptors (Lipinski definition) is 7. The average molecular weight is 530 g/mol. The molecule has 0 unspecified atom stereocenters. The number of nitrogens with one attached hydrogen (secondary N) is 1. The molecule has 1 heterocycles. The number of hydrogen-bond donors (Lipinski definition) is 3. The van der Waals surface area contributed by atoms with Gasteiger partial charge in [-0.05, 0) is 54.8 Å². The quantitative estimate of drug-likeness (QED) is 0.293. The van der Waals surface area contributed by atoms with Gasteiger partial charge in [0, 0.05) is 17.8 Å². The Bertz CT molecular complexity index is 1480. The minimum Gasteiger partial charge on any atom is -0.504 e. The molecule has 1 fully saturated rings. The Labute approximate surface area is 225 Å². The number of carbonyl (C=O) groups is 2. The third kappa shape index (κ3) is 5.64. The van der Waals surface area contributed by atoms with Gasteiger partial charge in [-0.1, -0.05) is 48.7 Å². The summed E-state index contributed by atoms with van der Waals surface area (Å²) in [5, 5.41) is 31.7. The van der Waals surface area contributed by atoms with Gasteiger partial charge in [-0.3, -0.25) is 14.5 Å². The lowest BCUT2D eigenvalue weighted by Crippen LogP contribution is -2.48. The van der Waals surface area contributed by atoms with Gasteiger partial charge in [-0.25, -0.2) is 4.68 Å². The third-order valence-corrected chi connectivity index (χ3v) is 7.08. The highest BCUT2D eigenvalue weighted by Gasteiger charge is 2.35. The first-order chi connectivity index (χ1) is 18.9. The van der Waals surface area contributed by atoms with E-state index < -0.39 is 11.9 Å². The van der Waals surface area contributed by atoms with E-state index in [1.807, 2.05) is 24.3 Å². The van der Waals surface area contributed by atoms with Crippen molar-refractivity contribution < 1.29 is 24.5 Å². The lowest BCUT2D eigenvalue weighted by atomic mass is 9.94. The zero-order chi connectivity index (χ0) is 27.4. The summed E-state index contributed by atoms with van der Waals surface area (Å²) < 4.78 is 6.91. The maximum absolute atomic E-state index is 14.1. The van der Waals surface area contributed by atoms with E-state index in [-0.39, 0.29) is 30.0 Å². The Hall–Kier alpha value is -4.60. The largest absolute Gasteiger partial charge is 0.504 e. The van der Waals surface area contributed by atoms with Gasteiger partial charge in [-0.2, -0.15) is 0 Å². The fourth-order valence-electron chi connectivity index (χ4n) is 5.09. The van der Waals surface area contributed by atoms with E-state index in [2.05, 4.69) is 15.6 Å². The second kappa shape index (κ2) is 11.4. The Morgan fingerprint density at radius 3 is 2.59 bits per heavy atom. The lowest BCUT2D eigenvalue weighted by Gasteiger charge is -2.33. The van der Waals surface area contributed by atoms with Crippen LogP contribution in [0.25, 0.3) is 11.0 Å². The summed E-state index contributed by atoms with van der Waals surface area (Å²) in [7, 11) is 1.53. The van der Waals surface area contributed by atoms with Crippen LogP contribution in [0.5, 0.6) is 17.2 Å². The van der Waals surface area contributed by atoms with Crippen LogP contribution in [0.1, 0.15) is 43.7 Å². The molecule has 10 heteroatoms. The Balaban J connectivity index is 1.59. The monoisotopic (exact) mass is 529 g/mol. The van der Waals surface area contributed by atoms with Crippen LogP contribution in [0.15, 0.2) is 66.7 Å². The highest BCUT2D eigenvalue weighted by molar-refractivity contribution is 6.01. The zero-order valence-electron chi connectivity index (χ0n) is 21.7. The molecule has 4 aromatic rings. The summed E-state index contributed by atoms with van der Waals surface area (Å²) in [5.74, 6) is -1.000. The van der Waals surface area contributed by atoms with Gasteiger partial charge in [0.15, 0.2) is 11.5 Å². The molecule has 1 aliphatic carbocycles. The molecule has 1 aromatic heterocycles. The van der Waals surface area contributed by atoms with Crippen LogP contribution < -0.4 is 15.0 Å². The molecule has 1 saturated carbocycles. The molecule has 2 amide bonds. The van der Waals surface area contributed by atoms with Crippen molar-refractivity contribution in [3.05, 3.63) is 72.3 Å². The molecule has 1 aliphatic rings. The van der Waals surface area contributed by atoms with Crippen LogP contribution in [0.4, 0.5) is 5.69 Å². The number of amides is 2. The van der Waals surface area contributed by atoms with Crippen molar-refractivity contribution in [3.63, 3.8) is 0 Å². The molecule has 0 spiro atoms. The normalized spacial score (nSPS) is 14.6. The minimum absolute atomic E-state index is 0.0130. The maximum atomic E-state index is 14.1. The van der Waals surface area contributed by atoms with Gasteiger partial charge in [-0.15, -0.1) is 5.10 Å². The number of nitrogens with zero attached hydrogens (tertiary/aromatic N) is 4. The molecule has 3 N–H and O–H groups in total. The number of rotatable bonds is 8. The number of phenolic OH excluding ortho intramolecular Hbond substituents is 2. The van der Waals surface area contributed by atoms with Gasteiger partial charge < -0.3 is 20.3 Å². The fourth-order valence-corrected chi connectivity index (χ4v) is 5.09. The topological polar surface area (TPSA) is 130 Å². The molecule has 0 radical (unpaired) electrons. The van der Waals surface area contributed by atoms with Crippen molar-refractivity contribution in [1.29, 1.82) is 0 Å². The zero-order valence-corrected chi connectivity index (χ0v) is 21.7. The Kier molecular flexibility index (Phi) is 7.62. The van der Waals surface area contributed by atoms with Gasteiger partial charge in [0.2, 0.25) is 11.8 Å². The predicted octanol–water partition coefficient (Wildman–Crippen LogP) is 4.07. The van der Waals surface area contributed by atoms with Crippen LogP contribution in [0, 0.1) is 0 Å². The number of methoxy groups -OCH3 is 1. The van der Waals surface area contributed by atoms with E-state index >= 15 is 0 Å². The molecule has 10 nitrogen and oxygen atoms in total. The standard InChI is InChI=1S/C29H31N5O5/c1-39-22-11-7-10-21(17-22)34(27(37)18-33-24-13-6-5-12-23(24)31-32-33)28(19-14-15-25(35)26(36)16-19)29(38)30-20-8-3-2-4-9-20/h5-7,10-17,20,28,35-36H,2-4,8-9,18H2,1H3,(H,30,38)/t28-/m1/s1. The molecule has 1 atom stereocenters. The molecule has 5 rings (SSSR count). The number of aromatic nitrogens is 3. The molecular weight excluding hydrogens is 498 g/mol. The van der Waals surface area contributed by atoms with Gasteiger partial charge in [0.1, 0.15) is 23.9 Å². The van der Waals surface area contributed by atoms with Crippen molar-refractivity contribution in [3.8, 4) is 17.2 Å². The number of fused-ring (bicyclic) bond motifs is 1. The Morgan fingerprint density at radius 1 is 1.03 bits per heavy atom. The van der Waals surface area contributed by atoms with Crippen molar-refractivity contribution in [2.24, 2.45) is 0 Å². The van der Waals surface area contributed by atoms with Crippen molar-refractivity contribution in [2.75, 3.05) is 12.0 Å². The summed E-state index contributed by atoms with van der Waals surface area (Å²) in [5.41, 5.74) is 2.11. The smallest absolute Gasteiger partial charge is 0.249 e. The van der Waals surface area contributed by atoms with Crippen LogP contribution in [-0.4, -0.2) is 50.2 Å². The van der Waals surface area contributed by atoms with E-state index in [1.165, 1.54) is 34.9 Å². The van der Waals surface area contributed by atoms with Crippen LogP contribution in [0.2, 0.25) is 0 Å². The van der Waals surface area contributed by atoms with Crippen LogP contribution in [-0.2, 0) is 16.1 Å². The van der Waals surface area contributed by atoms with Crippen molar-refractivity contribution in [2.45, 2.75) is 50.7 Å². The molecule has 0 aliphatic heterocycles. The lowest BCUT2D eigenvalue weighted by molar-refractivity contribution is -0.127. The Morgan fingerprint density at radius 2 is 1.82 bits per heavy atom. The molecule has 0 bridgehead atoms. The van der Waals surface area contributed by atoms with E-state index in [0.717, 1.165) is 32.1 Å². The summed E-state index contributed by atoms with van der Waals surface area (Å²) in [4.78, 5) is 29.5. The van der Waals surface area contributed by atoms with Gasteiger partial charge >= 0.3 is 0 Å². The molecular formula is C29H31N5O5. The minimum atomic E-state index is -1.15. The highest BCUT2D eigenvalue weighted by atomic mass is 16.5. The summed E-state index contributed by atoms with van der Waals surface area (Å²) in [6.07, 6.45) is 4.89. The second-order valence-electron chi connectivity index (χ2n) is 9.70. The van der Waals surface area contributed by atoms with Crippen LogP contribution >= 0.6 is 0 Å². The van der Waals surface area contributed by atoms with Gasteiger partial charge in [0.05, 0.1) is 12.6 Å². The van der Waals surface area contributed by atoms with Crippen molar-refractivity contribution in [1.82, 2.24) is 20.3 Å². The first-order valence-electron chi connectivity index (χ1n) is 13.0. The SMILES string of the molecule is COc1cccc(N(C(=O)Cn2nnc3ccccc32)[C@@H](C(=O)NC2CCCCC2)c2ccc(O)c(O)c2)c1. The predicted molar refractivity (Wildman–Crippen MR) is 146 cm³/mol. The first-order valence-corrected chi connectivity index (χ1v) is 13.0. The molecule has 3 aromatic carbocycles. The number of aromatic hydroxyl groups is 2. The average Bonchev–Trinajstić information content (AvgIpc) is 3.36.